The molecule has 3 heterocycles. The first-order valence-electron chi connectivity index (χ1n) is 10.6. The molecule has 2 aliphatic heterocycles. The van der Waals surface area contributed by atoms with Gasteiger partial charge in [-0.05, 0) is 35.9 Å². The highest BCUT2D eigenvalue weighted by Crippen LogP contribution is 2.47. The second kappa shape index (κ2) is 6.46. The minimum absolute atomic E-state index is 0.106. The van der Waals surface area contributed by atoms with Crippen LogP contribution in [-0.4, -0.2) is 31.6 Å². The van der Waals surface area contributed by atoms with Gasteiger partial charge >= 0.3 is 0 Å². The van der Waals surface area contributed by atoms with Crippen LogP contribution in [0.15, 0.2) is 72.8 Å². The second-order valence-corrected chi connectivity index (χ2v) is 8.41. The van der Waals surface area contributed by atoms with Gasteiger partial charge in [-0.2, -0.15) is 0 Å². The molecule has 0 fully saturated rings. The lowest BCUT2D eigenvalue weighted by atomic mass is 9.76. The number of rotatable bonds is 2. The topological polar surface area (TPSA) is 61.9 Å². The largest absolute Gasteiger partial charge is 0.497 e. The van der Waals surface area contributed by atoms with Gasteiger partial charge in [-0.3, -0.25) is 4.79 Å². The average Bonchev–Trinajstić information content (AvgIpc) is 3.31. The number of likely N-dealkylation sites (N-methyl/N-ethyl adjacent to an activating group) is 1. The highest BCUT2D eigenvalue weighted by Gasteiger charge is 2.59. The summed E-state index contributed by atoms with van der Waals surface area (Å²) >= 11 is 0. The van der Waals surface area contributed by atoms with Crippen molar-refractivity contribution in [1.82, 2.24) is 4.98 Å². The van der Waals surface area contributed by atoms with Gasteiger partial charge in [0, 0.05) is 23.5 Å². The van der Waals surface area contributed by atoms with Crippen molar-refractivity contribution in [2.45, 2.75) is 11.5 Å². The molecule has 1 amide bonds. The first-order chi connectivity index (χ1) is 15.1. The number of nitrogens with two attached hydrogens (primary N) is 1. The molecule has 4 aromatic rings. The Bertz CT molecular complexity index is 1320. The van der Waals surface area contributed by atoms with E-state index in [1.807, 2.05) is 43.4 Å². The van der Waals surface area contributed by atoms with Gasteiger partial charge in [-0.15, -0.1) is 0 Å². The van der Waals surface area contributed by atoms with Crippen molar-refractivity contribution in [3.8, 4) is 5.75 Å². The summed E-state index contributed by atoms with van der Waals surface area (Å²) in [6.45, 7) is 0.787. The molecule has 3 aromatic carbocycles. The Hall–Kier alpha value is -3.57. The molecule has 1 aromatic heterocycles. The van der Waals surface area contributed by atoms with Crippen molar-refractivity contribution in [2.75, 3.05) is 25.6 Å². The molecule has 3 N–H and O–H groups in total. The third kappa shape index (κ3) is 2.32. The summed E-state index contributed by atoms with van der Waals surface area (Å²) in [5, 5.41) is 3.41. The Morgan fingerprint density at radius 2 is 1.77 bits per heavy atom. The number of nitrogens with one attached hydrogen (secondary N) is 1. The van der Waals surface area contributed by atoms with E-state index in [4.69, 9.17) is 4.74 Å². The Kier molecular flexibility index (Phi) is 3.80. The van der Waals surface area contributed by atoms with Crippen LogP contribution in [0.2, 0.25) is 0 Å². The summed E-state index contributed by atoms with van der Waals surface area (Å²) < 4.78 is 5.36. The predicted molar refractivity (Wildman–Crippen MR) is 121 cm³/mol. The number of para-hydroxylation sites is 2. The standard InChI is InChI=1S/C26H23N3O2/c1-29-22-10-6-4-8-20(22)26(25(29)30)24-23(18-7-3-5-9-21(18)28-24)19(15-27-26)16-11-13-17(31-2)14-12-16/h3-14,19,27-28H,15H2,1-2H3/p+1/t19-,26+/m1/s1. The van der Waals surface area contributed by atoms with E-state index in [1.54, 1.807) is 12.0 Å². The highest BCUT2D eigenvalue weighted by atomic mass is 16.5. The predicted octanol–water partition coefficient (Wildman–Crippen LogP) is 3.11. The van der Waals surface area contributed by atoms with E-state index in [0.717, 1.165) is 34.8 Å². The monoisotopic (exact) mass is 410 g/mol. The van der Waals surface area contributed by atoms with Gasteiger partial charge in [-0.25, -0.2) is 0 Å². The van der Waals surface area contributed by atoms with Crippen molar-refractivity contribution >= 4 is 22.5 Å². The van der Waals surface area contributed by atoms with Gasteiger partial charge in [0.15, 0.2) is 0 Å². The SMILES string of the molecule is COc1ccc([C@H]2C[NH2+][C@]3(C(=O)N(C)c4ccccc43)c3[nH]c4ccccc4c32)cc1. The maximum absolute atomic E-state index is 13.8. The van der Waals surface area contributed by atoms with E-state index in [1.165, 1.54) is 16.5 Å². The number of fused-ring (bicyclic) bond motifs is 6. The van der Waals surface area contributed by atoms with Crippen LogP contribution in [0.5, 0.6) is 5.75 Å². The fourth-order valence-electron chi connectivity index (χ4n) is 5.52. The molecule has 2 aliphatic rings. The summed E-state index contributed by atoms with van der Waals surface area (Å²) in [4.78, 5) is 19.2. The van der Waals surface area contributed by atoms with Gasteiger partial charge < -0.3 is 19.9 Å². The van der Waals surface area contributed by atoms with E-state index in [0.29, 0.717) is 0 Å². The van der Waals surface area contributed by atoms with Crippen molar-refractivity contribution in [2.24, 2.45) is 0 Å². The van der Waals surface area contributed by atoms with Crippen LogP contribution >= 0.6 is 0 Å². The van der Waals surface area contributed by atoms with E-state index in [9.17, 15) is 4.79 Å². The lowest BCUT2D eigenvalue weighted by Crippen LogP contribution is -2.99. The highest BCUT2D eigenvalue weighted by molar-refractivity contribution is 6.09. The number of hydrogen-bond acceptors (Lipinski definition) is 2. The summed E-state index contributed by atoms with van der Waals surface area (Å²) in [7, 11) is 3.56. The summed E-state index contributed by atoms with van der Waals surface area (Å²) in [6.07, 6.45) is 0. The number of carbonyl (C=O) groups is 1. The number of hydrogen-bond donors (Lipinski definition) is 2. The molecule has 0 saturated carbocycles. The molecule has 0 bridgehead atoms. The van der Waals surface area contributed by atoms with Crippen molar-refractivity contribution < 1.29 is 14.8 Å². The fraction of sp³-hybridized carbons (Fsp3) is 0.192. The van der Waals surface area contributed by atoms with Crippen LogP contribution in [0.25, 0.3) is 10.9 Å². The van der Waals surface area contributed by atoms with Crippen LogP contribution < -0.4 is 15.0 Å². The molecule has 0 saturated heterocycles. The normalized spacial score (nSPS) is 22.1. The second-order valence-electron chi connectivity index (χ2n) is 8.41. The Labute approximate surface area is 180 Å². The third-order valence-electron chi connectivity index (χ3n) is 7.00. The number of amides is 1. The number of H-pyrrole nitrogens is 1. The number of carbonyl (C=O) groups excluding carboxylic acids is 1. The number of anilines is 1. The molecule has 154 valence electrons. The summed E-state index contributed by atoms with van der Waals surface area (Å²) in [5.74, 6) is 1.13. The number of benzene rings is 3. The average molecular weight is 410 g/mol. The number of methoxy groups -OCH3 is 1. The van der Waals surface area contributed by atoms with Gasteiger partial charge in [0.2, 0.25) is 5.54 Å². The molecule has 0 unspecified atom stereocenters. The molecule has 0 aliphatic carbocycles. The van der Waals surface area contributed by atoms with Crippen LogP contribution in [0.1, 0.15) is 28.3 Å². The maximum atomic E-state index is 13.8. The number of nitrogens with zero attached hydrogens (tertiary/aromatic N) is 1. The zero-order valence-electron chi connectivity index (χ0n) is 17.6. The van der Waals surface area contributed by atoms with Gasteiger partial charge in [-0.1, -0.05) is 42.5 Å². The Morgan fingerprint density at radius 3 is 2.58 bits per heavy atom. The third-order valence-corrected chi connectivity index (χ3v) is 7.00. The van der Waals surface area contributed by atoms with Gasteiger partial charge in [0.1, 0.15) is 5.75 Å². The lowest BCUT2D eigenvalue weighted by Gasteiger charge is -2.34. The van der Waals surface area contributed by atoms with Crippen LogP contribution in [0.3, 0.4) is 0 Å². The molecular formula is C26H24N3O2+. The molecule has 5 heteroatoms. The van der Waals surface area contributed by atoms with Crippen LogP contribution in [0, 0.1) is 0 Å². The number of quaternary nitrogens is 1. The zero-order valence-corrected chi connectivity index (χ0v) is 17.6. The van der Waals surface area contributed by atoms with Crippen LogP contribution in [-0.2, 0) is 10.3 Å². The number of aromatic nitrogens is 1. The quantitative estimate of drug-likeness (QED) is 0.533. The lowest BCUT2D eigenvalue weighted by molar-refractivity contribution is -0.715. The van der Waals surface area contributed by atoms with Gasteiger partial charge in [0.25, 0.3) is 5.91 Å². The van der Waals surface area contributed by atoms with Crippen molar-refractivity contribution in [3.63, 3.8) is 0 Å². The first kappa shape index (κ1) is 18.2. The smallest absolute Gasteiger partial charge is 0.299 e. The molecule has 5 nitrogen and oxygen atoms in total. The van der Waals surface area contributed by atoms with Crippen molar-refractivity contribution in [1.29, 1.82) is 0 Å². The van der Waals surface area contributed by atoms with Gasteiger partial charge in [0.05, 0.1) is 36.5 Å². The molecule has 31 heavy (non-hydrogen) atoms. The molecule has 0 radical (unpaired) electrons. The number of ether oxygens (including phenoxy) is 1. The zero-order chi connectivity index (χ0) is 21.2. The Balaban J connectivity index is 1.63. The minimum atomic E-state index is -0.775. The van der Waals surface area contributed by atoms with Crippen LogP contribution in [0.4, 0.5) is 5.69 Å². The number of aromatic amines is 1. The molecular weight excluding hydrogens is 386 g/mol. The minimum Gasteiger partial charge on any atom is -0.497 e. The van der Waals surface area contributed by atoms with E-state index in [2.05, 4.69) is 46.7 Å². The van der Waals surface area contributed by atoms with E-state index < -0.39 is 5.54 Å². The first-order valence-corrected chi connectivity index (χ1v) is 10.6. The maximum Gasteiger partial charge on any atom is 0.299 e. The Morgan fingerprint density at radius 1 is 1.03 bits per heavy atom. The molecule has 1 spiro atoms. The van der Waals surface area contributed by atoms with E-state index >= 15 is 0 Å². The molecule has 6 rings (SSSR count). The summed E-state index contributed by atoms with van der Waals surface area (Å²) in [5.41, 5.74) is 5.79. The van der Waals surface area contributed by atoms with Crippen molar-refractivity contribution in [3.05, 3.63) is 95.2 Å². The fourth-order valence-corrected chi connectivity index (χ4v) is 5.52. The van der Waals surface area contributed by atoms with E-state index in [-0.39, 0.29) is 11.8 Å². The summed E-state index contributed by atoms with van der Waals surface area (Å²) in [6, 6.07) is 24.8. The molecule has 2 atom stereocenters.